The smallest absolute Gasteiger partial charge is 0.320 e. The zero-order valence-electron chi connectivity index (χ0n) is 15.2. The molecule has 7 atom stereocenters. The molecule has 28 heavy (non-hydrogen) atoms. The van der Waals surface area contributed by atoms with Crippen LogP contribution in [0.5, 0.6) is 0 Å². The molecule has 2 aliphatic heterocycles. The van der Waals surface area contributed by atoms with Gasteiger partial charge < -0.3 is 41.8 Å². The third-order valence-electron chi connectivity index (χ3n) is 4.80. The first-order chi connectivity index (χ1) is 13.2. The Balaban J connectivity index is 1.66. The first kappa shape index (κ1) is 21.0. The number of aliphatic carboxylic acids is 1. The number of aliphatic hydroxyl groups excluding tert-OH is 2. The fourth-order valence-corrected chi connectivity index (χ4v) is 4.77. The average molecular weight is 416 g/mol. The van der Waals surface area contributed by atoms with Gasteiger partial charge >= 0.3 is 5.97 Å². The van der Waals surface area contributed by atoms with Crippen LogP contribution in [0.15, 0.2) is 11.3 Å². The van der Waals surface area contributed by atoms with Crippen LogP contribution in [0.1, 0.15) is 24.5 Å². The Morgan fingerprint density at radius 3 is 2.86 bits per heavy atom. The molecule has 3 heterocycles. The van der Waals surface area contributed by atoms with Gasteiger partial charge in [-0.25, -0.2) is 9.98 Å². The lowest BCUT2D eigenvalue weighted by molar-refractivity contribution is -0.138. The third kappa shape index (κ3) is 4.00. The molecule has 12 nitrogen and oxygen atoms in total. The van der Waals surface area contributed by atoms with E-state index in [4.69, 9.17) is 21.3 Å². The molecule has 1 saturated heterocycles. The number of hydrogen-bond acceptors (Lipinski definition) is 10. The molecule has 0 spiro atoms. The quantitative estimate of drug-likeness (QED) is 0.310. The molecule has 2 aliphatic rings. The number of ether oxygens (including phenoxy) is 1. The number of nitrogens with two attached hydrogens (primary N) is 2. The zero-order valence-corrected chi connectivity index (χ0v) is 16.0. The number of fused-ring (bicyclic) bond motifs is 1. The van der Waals surface area contributed by atoms with Gasteiger partial charge in [0.2, 0.25) is 0 Å². The number of aromatic nitrogens is 2. The highest BCUT2D eigenvalue weighted by Gasteiger charge is 2.47. The molecule has 156 valence electrons. The van der Waals surface area contributed by atoms with Gasteiger partial charge in [0.25, 0.3) is 0 Å². The maximum Gasteiger partial charge on any atom is 0.320 e. The maximum absolute atomic E-state index is 11.6. The van der Waals surface area contributed by atoms with Gasteiger partial charge in [-0.2, -0.15) is 0 Å². The van der Waals surface area contributed by atoms with Crippen LogP contribution < -0.4 is 11.5 Å². The van der Waals surface area contributed by atoms with Crippen molar-refractivity contribution < 1.29 is 24.9 Å². The highest BCUT2D eigenvalue weighted by atomic mass is 32.2. The topological polar surface area (TPSA) is 196 Å². The predicted octanol–water partition coefficient (Wildman–Crippen LogP) is -2.02. The van der Waals surface area contributed by atoms with Crippen molar-refractivity contribution in [3.05, 3.63) is 17.2 Å². The van der Waals surface area contributed by atoms with Crippen LogP contribution in [-0.2, 0) is 20.4 Å². The van der Waals surface area contributed by atoms with E-state index in [-0.39, 0.29) is 16.6 Å². The minimum Gasteiger partial charge on any atom is -0.756 e. The van der Waals surface area contributed by atoms with Crippen molar-refractivity contribution in [1.29, 1.82) is 0 Å². The van der Waals surface area contributed by atoms with E-state index in [9.17, 15) is 20.2 Å². The van der Waals surface area contributed by atoms with Gasteiger partial charge in [-0.3, -0.25) is 9.36 Å². The molecule has 5 unspecified atom stereocenters. The van der Waals surface area contributed by atoms with Gasteiger partial charge in [0.05, 0.1) is 18.9 Å². The summed E-state index contributed by atoms with van der Waals surface area (Å²) >= 11 is 0. The van der Waals surface area contributed by atoms with Crippen molar-refractivity contribution in [2.45, 2.75) is 43.2 Å². The molecule has 0 radical (unpaired) electrons. The second-order valence-corrected chi connectivity index (χ2v) is 9.15. The lowest BCUT2D eigenvalue weighted by Gasteiger charge is -2.34. The van der Waals surface area contributed by atoms with Gasteiger partial charge in [0, 0.05) is 6.42 Å². The summed E-state index contributed by atoms with van der Waals surface area (Å²) in [5.74, 6) is 0.249. The summed E-state index contributed by atoms with van der Waals surface area (Å²) in [5, 5.41) is 41.7. The van der Waals surface area contributed by atoms with Crippen molar-refractivity contribution in [2.75, 3.05) is 17.8 Å². The van der Waals surface area contributed by atoms with Crippen molar-refractivity contribution in [3.63, 3.8) is 0 Å². The third-order valence-corrected chi connectivity index (χ3v) is 6.63. The number of imidazole rings is 1. The van der Waals surface area contributed by atoms with Crippen LogP contribution in [0.2, 0.25) is 0 Å². The molecule has 1 aromatic heterocycles. The van der Waals surface area contributed by atoms with Crippen LogP contribution in [0.25, 0.3) is 0 Å². The summed E-state index contributed by atoms with van der Waals surface area (Å²) in [7, 11) is -0.269. The first-order valence-corrected chi connectivity index (χ1v) is 10.6. The number of carbonyl (C=O) groups is 1. The van der Waals surface area contributed by atoms with Crippen molar-refractivity contribution in [2.24, 2.45) is 16.5 Å². The summed E-state index contributed by atoms with van der Waals surface area (Å²) < 4.78 is 7.30. The number of carboxylic acid groups (broad SMARTS) is 1. The molecule has 1 fully saturated rings. The van der Waals surface area contributed by atoms with E-state index >= 15 is 0 Å². The van der Waals surface area contributed by atoms with Gasteiger partial charge in [0.15, 0.2) is 12.0 Å². The highest BCUT2D eigenvalue weighted by Crippen LogP contribution is 2.37. The van der Waals surface area contributed by atoms with Crippen LogP contribution in [0, 0.1) is 5.21 Å². The second-order valence-electron chi connectivity index (χ2n) is 6.84. The molecule has 0 aliphatic carbocycles. The normalized spacial score (nSPS) is 31.6. The van der Waals surface area contributed by atoms with Crippen molar-refractivity contribution >= 4 is 29.0 Å². The largest absolute Gasteiger partial charge is 0.756 e. The number of nitrogens with zero attached hydrogens (tertiary/aromatic N) is 4. The summed E-state index contributed by atoms with van der Waals surface area (Å²) in [5.41, 5.74) is 11.6. The van der Waals surface area contributed by atoms with E-state index in [2.05, 4.69) is 9.98 Å². The standard InChI is InChI=1S/C15H24N6O6S/c1-28(3-2-7(16)15(24)25)4-8-10(22)11(23)14(27-8)20-5-18-9-12(17)21(26)6-19-13(9)20/h5-8,10-12,14,22-23H,2-4,16-17H2,1H3,(H,24,25)/t7?,8-,10?,11?,12?,14-,28?/m1/s1. The molecule has 0 aromatic carbocycles. The van der Waals surface area contributed by atoms with Gasteiger partial charge in [0.1, 0.15) is 47.7 Å². The minimum atomic E-state index is -1.22. The Labute approximate surface area is 163 Å². The number of hydroxylamine groups is 2. The van der Waals surface area contributed by atoms with Gasteiger partial charge in [-0.1, -0.05) is 0 Å². The minimum absolute atomic E-state index is 0.254. The van der Waals surface area contributed by atoms with E-state index in [0.717, 1.165) is 6.34 Å². The summed E-state index contributed by atoms with van der Waals surface area (Å²) in [6.07, 6.45) is -0.319. The van der Waals surface area contributed by atoms with E-state index in [1.807, 2.05) is 6.26 Å². The molecule has 0 bridgehead atoms. The molecule has 0 saturated carbocycles. The molecule has 13 heteroatoms. The Morgan fingerprint density at radius 2 is 2.18 bits per heavy atom. The number of rotatable bonds is 7. The van der Waals surface area contributed by atoms with Gasteiger partial charge in [-0.15, -0.1) is 0 Å². The van der Waals surface area contributed by atoms with Crippen molar-refractivity contribution in [3.8, 4) is 0 Å². The lowest BCUT2D eigenvalue weighted by atomic mass is 10.1. The number of hydrogen-bond donors (Lipinski definition) is 5. The molecule has 3 rings (SSSR count). The van der Waals surface area contributed by atoms with E-state index < -0.39 is 42.7 Å². The second kappa shape index (κ2) is 8.32. The fourth-order valence-electron chi connectivity index (χ4n) is 3.11. The highest BCUT2D eigenvalue weighted by molar-refractivity contribution is 7.96. The van der Waals surface area contributed by atoms with Crippen LogP contribution in [0.3, 0.4) is 0 Å². The van der Waals surface area contributed by atoms with E-state index in [0.29, 0.717) is 28.8 Å². The molecule has 1 aromatic rings. The van der Waals surface area contributed by atoms with Gasteiger partial charge in [-0.05, 0) is 10.9 Å². The van der Waals surface area contributed by atoms with Crippen LogP contribution in [0.4, 0.5) is 5.82 Å². The van der Waals surface area contributed by atoms with Crippen LogP contribution in [-0.4, -0.2) is 84.4 Å². The summed E-state index contributed by atoms with van der Waals surface area (Å²) in [6.45, 7) is 0. The first-order valence-electron chi connectivity index (χ1n) is 8.61. The summed E-state index contributed by atoms with van der Waals surface area (Å²) in [4.78, 5) is 18.9. The maximum atomic E-state index is 11.6. The van der Waals surface area contributed by atoms with E-state index in [1.165, 1.54) is 10.9 Å². The lowest BCUT2D eigenvalue weighted by Crippen LogP contribution is -2.37. The Hall–Kier alpha value is -1.74. The van der Waals surface area contributed by atoms with E-state index in [1.54, 1.807) is 0 Å². The monoisotopic (exact) mass is 416 g/mol. The Kier molecular flexibility index (Phi) is 6.24. The average Bonchev–Trinajstić information content (AvgIpc) is 3.19. The number of aliphatic hydroxyl groups is 2. The Morgan fingerprint density at radius 1 is 1.46 bits per heavy atom. The molecular formula is C15H24N6O6S. The zero-order chi connectivity index (χ0) is 20.6. The Bertz CT molecular complexity index is 747. The SMILES string of the molecule is C[S+](CCC(N)C(=O)O)C[C@H]1O[C@@H](n2cnc3c2N=CN([O-])C3N)C(O)C1O. The fraction of sp³-hybridized carbons (Fsp3) is 0.667. The number of carboxylic acids is 1. The van der Waals surface area contributed by atoms with Crippen molar-refractivity contribution in [1.82, 2.24) is 14.6 Å². The molecule has 7 N–H and O–H groups in total. The summed E-state index contributed by atoms with van der Waals surface area (Å²) in [6, 6.07) is -0.928. The number of aliphatic imine (C=N–C) groups is 1. The van der Waals surface area contributed by atoms with Crippen LogP contribution >= 0.6 is 0 Å². The molecular weight excluding hydrogens is 392 g/mol. The molecule has 0 amide bonds. The predicted molar refractivity (Wildman–Crippen MR) is 102 cm³/mol.